The largest absolute Gasteiger partial charge is 0.268 e. The van der Waals surface area contributed by atoms with E-state index in [9.17, 15) is 8.42 Å². The maximum Gasteiger partial charge on any atom is 0.268 e. The van der Waals surface area contributed by atoms with Crippen LogP contribution < -0.4 is 0 Å². The normalized spacial score (nSPS) is 16.4. The molecule has 25 heavy (non-hydrogen) atoms. The zero-order valence-corrected chi connectivity index (χ0v) is 15.3. The van der Waals surface area contributed by atoms with Crippen LogP contribution in [0.5, 0.6) is 0 Å². The van der Waals surface area contributed by atoms with Crippen molar-refractivity contribution in [2.75, 3.05) is 0 Å². The molecule has 0 atom stereocenters. The molecule has 0 aliphatic heterocycles. The third kappa shape index (κ3) is 2.99. The van der Waals surface area contributed by atoms with Crippen LogP contribution in [0.4, 0.5) is 0 Å². The SMILES string of the molecule is Cc1ccc(S(=O)(=O)n2ccc3cc(C4CCCCC4)ccc32)cc1. The first-order valence-electron chi connectivity index (χ1n) is 8.99. The van der Waals surface area contributed by atoms with Crippen LogP contribution in [-0.4, -0.2) is 12.4 Å². The molecule has 4 heteroatoms. The van der Waals surface area contributed by atoms with Gasteiger partial charge in [0, 0.05) is 11.6 Å². The summed E-state index contributed by atoms with van der Waals surface area (Å²) in [5.41, 5.74) is 3.14. The van der Waals surface area contributed by atoms with Crippen molar-refractivity contribution in [3.63, 3.8) is 0 Å². The number of rotatable bonds is 3. The summed E-state index contributed by atoms with van der Waals surface area (Å²) in [5.74, 6) is 0.621. The van der Waals surface area contributed by atoms with E-state index in [1.165, 1.54) is 41.6 Å². The van der Waals surface area contributed by atoms with Gasteiger partial charge in [0.05, 0.1) is 10.4 Å². The van der Waals surface area contributed by atoms with Crippen LogP contribution in [-0.2, 0) is 10.0 Å². The molecule has 130 valence electrons. The summed E-state index contributed by atoms with van der Waals surface area (Å²) in [6, 6.07) is 15.2. The first kappa shape index (κ1) is 16.4. The second kappa shape index (κ2) is 6.34. The summed E-state index contributed by atoms with van der Waals surface area (Å²) in [4.78, 5) is 0.326. The highest BCUT2D eigenvalue weighted by Gasteiger charge is 2.20. The molecule has 0 bridgehead atoms. The van der Waals surface area contributed by atoms with Crippen molar-refractivity contribution in [2.45, 2.75) is 49.8 Å². The molecule has 0 amide bonds. The maximum absolute atomic E-state index is 13.0. The lowest BCUT2D eigenvalue weighted by Crippen LogP contribution is -2.11. The number of hydrogen-bond acceptors (Lipinski definition) is 2. The Bertz CT molecular complexity index is 994. The van der Waals surface area contributed by atoms with Crippen LogP contribution in [0, 0.1) is 6.92 Å². The third-order valence-corrected chi connectivity index (χ3v) is 7.04. The Morgan fingerprint density at radius 2 is 1.64 bits per heavy atom. The lowest BCUT2D eigenvalue weighted by Gasteiger charge is -2.22. The maximum atomic E-state index is 13.0. The Morgan fingerprint density at radius 3 is 2.36 bits per heavy atom. The van der Waals surface area contributed by atoms with E-state index in [-0.39, 0.29) is 0 Å². The van der Waals surface area contributed by atoms with Crippen LogP contribution in [0.25, 0.3) is 10.9 Å². The van der Waals surface area contributed by atoms with E-state index in [0.29, 0.717) is 10.8 Å². The van der Waals surface area contributed by atoms with E-state index in [1.807, 2.05) is 31.2 Å². The Kier molecular flexibility index (Phi) is 4.16. The fourth-order valence-corrected chi connectivity index (χ4v) is 5.21. The zero-order chi connectivity index (χ0) is 17.4. The number of benzene rings is 2. The fraction of sp³-hybridized carbons (Fsp3) is 0.333. The first-order valence-corrected chi connectivity index (χ1v) is 10.4. The van der Waals surface area contributed by atoms with Crippen LogP contribution in [0.3, 0.4) is 0 Å². The van der Waals surface area contributed by atoms with E-state index in [0.717, 1.165) is 16.5 Å². The molecule has 1 aromatic heterocycles. The third-order valence-electron chi connectivity index (χ3n) is 5.33. The minimum atomic E-state index is -3.56. The van der Waals surface area contributed by atoms with Gasteiger partial charge in [0.2, 0.25) is 0 Å². The van der Waals surface area contributed by atoms with Gasteiger partial charge in [-0.3, -0.25) is 0 Å². The van der Waals surface area contributed by atoms with Gasteiger partial charge in [-0.15, -0.1) is 0 Å². The molecule has 1 saturated carbocycles. The van der Waals surface area contributed by atoms with E-state index >= 15 is 0 Å². The van der Waals surface area contributed by atoms with Gasteiger partial charge in [-0.05, 0) is 61.6 Å². The number of nitrogens with zero attached hydrogens (tertiary/aromatic N) is 1. The van der Waals surface area contributed by atoms with Crippen molar-refractivity contribution in [3.8, 4) is 0 Å². The molecule has 0 radical (unpaired) electrons. The molecule has 1 aliphatic carbocycles. The van der Waals surface area contributed by atoms with Crippen molar-refractivity contribution in [2.24, 2.45) is 0 Å². The average molecular weight is 353 g/mol. The molecule has 1 fully saturated rings. The van der Waals surface area contributed by atoms with Gasteiger partial charge >= 0.3 is 0 Å². The van der Waals surface area contributed by atoms with E-state index in [1.54, 1.807) is 18.3 Å². The fourth-order valence-electron chi connectivity index (χ4n) is 3.86. The Labute approximate surface area is 149 Å². The van der Waals surface area contributed by atoms with Crippen LogP contribution in [0.1, 0.15) is 49.1 Å². The second-order valence-corrected chi connectivity index (χ2v) is 8.90. The molecule has 4 rings (SSSR count). The minimum Gasteiger partial charge on any atom is -0.241 e. The highest BCUT2D eigenvalue weighted by atomic mass is 32.2. The van der Waals surface area contributed by atoms with E-state index in [4.69, 9.17) is 0 Å². The molecule has 0 N–H and O–H groups in total. The Balaban J connectivity index is 1.74. The summed E-state index contributed by atoms with van der Waals surface area (Å²) in [5, 5.41) is 0.999. The van der Waals surface area contributed by atoms with E-state index in [2.05, 4.69) is 12.1 Å². The van der Waals surface area contributed by atoms with Gasteiger partial charge in [-0.25, -0.2) is 12.4 Å². The first-order chi connectivity index (χ1) is 12.1. The molecular formula is C21H23NO2S. The summed E-state index contributed by atoms with van der Waals surface area (Å²) in [6.07, 6.45) is 8.09. The molecule has 3 nitrogen and oxygen atoms in total. The predicted molar refractivity (Wildman–Crippen MR) is 102 cm³/mol. The van der Waals surface area contributed by atoms with E-state index < -0.39 is 10.0 Å². The predicted octanol–water partition coefficient (Wildman–Crippen LogP) is 5.23. The molecule has 1 heterocycles. The average Bonchev–Trinajstić information content (AvgIpc) is 3.07. The summed E-state index contributed by atoms with van der Waals surface area (Å²) in [6.45, 7) is 1.95. The van der Waals surface area contributed by atoms with Crippen molar-refractivity contribution in [3.05, 3.63) is 65.9 Å². The molecule has 2 aromatic carbocycles. The Hall–Kier alpha value is -2.07. The second-order valence-electron chi connectivity index (χ2n) is 7.08. The Morgan fingerprint density at radius 1 is 0.920 bits per heavy atom. The quantitative estimate of drug-likeness (QED) is 0.646. The molecule has 1 aliphatic rings. The molecule has 3 aromatic rings. The number of fused-ring (bicyclic) bond motifs is 1. The number of aryl methyl sites for hydroxylation is 1. The lowest BCUT2D eigenvalue weighted by atomic mass is 9.84. The summed E-state index contributed by atoms with van der Waals surface area (Å²) >= 11 is 0. The standard InChI is InChI=1S/C21H23NO2S/c1-16-7-10-20(11-8-16)25(23,24)22-14-13-19-15-18(9-12-21(19)22)17-5-3-2-4-6-17/h7-15,17H,2-6H2,1H3. The lowest BCUT2D eigenvalue weighted by molar-refractivity contribution is 0.444. The van der Waals surface area contributed by atoms with Crippen molar-refractivity contribution in [1.29, 1.82) is 0 Å². The van der Waals surface area contributed by atoms with Crippen molar-refractivity contribution < 1.29 is 8.42 Å². The molecule has 0 spiro atoms. The van der Waals surface area contributed by atoms with Gasteiger partial charge in [-0.1, -0.05) is 43.0 Å². The summed E-state index contributed by atoms with van der Waals surface area (Å²) in [7, 11) is -3.56. The van der Waals surface area contributed by atoms with Gasteiger partial charge in [-0.2, -0.15) is 0 Å². The van der Waals surface area contributed by atoms with Crippen LogP contribution >= 0.6 is 0 Å². The minimum absolute atomic E-state index is 0.326. The van der Waals surface area contributed by atoms with Gasteiger partial charge < -0.3 is 0 Å². The summed E-state index contributed by atoms with van der Waals surface area (Å²) < 4.78 is 27.3. The van der Waals surface area contributed by atoms with Crippen molar-refractivity contribution >= 4 is 20.9 Å². The smallest absolute Gasteiger partial charge is 0.241 e. The van der Waals surface area contributed by atoms with Gasteiger partial charge in [0.1, 0.15) is 0 Å². The highest BCUT2D eigenvalue weighted by molar-refractivity contribution is 7.90. The van der Waals surface area contributed by atoms with Crippen molar-refractivity contribution in [1.82, 2.24) is 3.97 Å². The van der Waals surface area contributed by atoms with Crippen LogP contribution in [0.15, 0.2) is 59.6 Å². The van der Waals surface area contributed by atoms with Crippen LogP contribution in [0.2, 0.25) is 0 Å². The molecule has 0 saturated heterocycles. The highest BCUT2D eigenvalue weighted by Crippen LogP contribution is 2.34. The zero-order valence-electron chi connectivity index (χ0n) is 14.5. The monoisotopic (exact) mass is 353 g/mol. The van der Waals surface area contributed by atoms with Gasteiger partial charge in [0.25, 0.3) is 10.0 Å². The number of hydrogen-bond donors (Lipinski definition) is 0. The molecule has 0 unspecified atom stereocenters. The topological polar surface area (TPSA) is 39.1 Å². The number of aromatic nitrogens is 1. The molecular weight excluding hydrogens is 330 g/mol. The van der Waals surface area contributed by atoms with Gasteiger partial charge in [0.15, 0.2) is 0 Å².